The van der Waals surface area contributed by atoms with E-state index in [9.17, 15) is 9.59 Å². The number of likely N-dealkylation sites (tertiary alicyclic amines) is 1. The Morgan fingerprint density at radius 1 is 1.36 bits per heavy atom. The maximum Gasteiger partial charge on any atom is 0.320 e. The van der Waals surface area contributed by atoms with Gasteiger partial charge in [0.25, 0.3) is 0 Å². The Bertz CT molecular complexity index is 618. The van der Waals surface area contributed by atoms with E-state index in [2.05, 4.69) is 16.8 Å². The predicted molar refractivity (Wildman–Crippen MR) is 99.7 cm³/mol. The molecule has 1 aromatic rings. The van der Waals surface area contributed by atoms with E-state index >= 15 is 0 Å². The number of thiophene rings is 1. The Morgan fingerprint density at radius 3 is 3.00 bits per heavy atom. The van der Waals surface area contributed by atoms with E-state index in [0.717, 1.165) is 38.9 Å². The molecule has 0 aliphatic carbocycles. The van der Waals surface area contributed by atoms with Crippen LogP contribution >= 0.6 is 11.3 Å². The molecule has 0 aromatic carbocycles. The summed E-state index contributed by atoms with van der Waals surface area (Å²) < 4.78 is 0. The predicted octanol–water partition coefficient (Wildman–Crippen LogP) is 1.62. The summed E-state index contributed by atoms with van der Waals surface area (Å²) >= 11 is 1.78. The van der Waals surface area contributed by atoms with Gasteiger partial charge in [0.1, 0.15) is 0 Å². The van der Waals surface area contributed by atoms with Crippen molar-refractivity contribution in [1.82, 2.24) is 20.0 Å². The zero-order chi connectivity index (χ0) is 17.8. The summed E-state index contributed by atoms with van der Waals surface area (Å²) in [6.45, 7) is 4.28. The first-order chi connectivity index (χ1) is 12.1. The van der Waals surface area contributed by atoms with Crippen molar-refractivity contribution in [3.63, 3.8) is 0 Å². The normalized spacial score (nSPS) is 20.3. The number of nitrogens with one attached hydrogen (secondary N) is 1. The third-order valence-electron chi connectivity index (χ3n) is 5.19. The van der Waals surface area contributed by atoms with Gasteiger partial charge in [0.15, 0.2) is 0 Å². The van der Waals surface area contributed by atoms with Crippen molar-refractivity contribution in [2.75, 3.05) is 46.8 Å². The van der Waals surface area contributed by atoms with Crippen LogP contribution < -0.4 is 5.32 Å². The second-order valence-electron chi connectivity index (χ2n) is 6.97. The van der Waals surface area contributed by atoms with E-state index in [0.29, 0.717) is 19.6 Å². The van der Waals surface area contributed by atoms with Gasteiger partial charge in [-0.3, -0.25) is 4.79 Å². The van der Waals surface area contributed by atoms with Crippen LogP contribution in [0.1, 0.15) is 23.3 Å². The van der Waals surface area contributed by atoms with Crippen molar-refractivity contribution in [3.8, 4) is 0 Å². The van der Waals surface area contributed by atoms with Gasteiger partial charge in [0.2, 0.25) is 5.91 Å². The van der Waals surface area contributed by atoms with Crippen LogP contribution in [0.4, 0.5) is 4.79 Å². The van der Waals surface area contributed by atoms with Crippen LogP contribution in [0.2, 0.25) is 0 Å². The number of carbonyl (C=O) groups is 2. The Balaban J connectivity index is 1.57. The summed E-state index contributed by atoms with van der Waals surface area (Å²) in [5.74, 6) is 0.0903. The fourth-order valence-corrected chi connectivity index (χ4v) is 4.56. The van der Waals surface area contributed by atoms with Crippen LogP contribution in [0.5, 0.6) is 0 Å². The summed E-state index contributed by atoms with van der Waals surface area (Å²) in [6, 6.07) is 2.21. The molecule has 1 unspecified atom stereocenters. The quantitative estimate of drug-likeness (QED) is 0.883. The molecule has 2 aliphatic heterocycles. The van der Waals surface area contributed by atoms with Crippen molar-refractivity contribution >= 4 is 23.3 Å². The number of hydrogen-bond donors (Lipinski definition) is 1. The molecule has 138 valence electrons. The van der Waals surface area contributed by atoms with Crippen molar-refractivity contribution < 1.29 is 9.59 Å². The smallest absolute Gasteiger partial charge is 0.320 e. The Labute approximate surface area is 153 Å². The first kappa shape index (κ1) is 18.2. The molecule has 1 fully saturated rings. The molecule has 0 saturated carbocycles. The molecule has 2 aliphatic rings. The lowest BCUT2D eigenvalue weighted by atomic mass is 9.96. The van der Waals surface area contributed by atoms with Crippen LogP contribution in [0.3, 0.4) is 0 Å². The van der Waals surface area contributed by atoms with E-state index in [-0.39, 0.29) is 17.9 Å². The van der Waals surface area contributed by atoms with E-state index in [4.69, 9.17) is 0 Å². The van der Waals surface area contributed by atoms with Crippen molar-refractivity contribution in [2.45, 2.75) is 25.8 Å². The highest BCUT2D eigenvalue weighted by molar-refractivity contribution is 7.10. The molecule has 1 N–H and O–H groups in total. The topological polar surface area (TPSA) is 55.9 Å². The van der Waals surface area contributed by atoms with E-state index < -0.39 is 0 Å². The zero-order valence-electron chi connectivity index (χ0n) is 15.2. The lowest BCUT2D eigenvalue weighted by Crippen LogP contribution is -2.51. The second-order valence-corrected chi connectivity index (χ2v) is 7.97. The summed E-state index contributed by atoms with van der Waals surface area (Å²) in [5.41, 5.74) is 1.28. The molecular formula is C18H28N4O2S. The van der Waals surface area contributed by atoms with Gasteiger partial charge < -0.3 is 20.0 Å². The number of urea groups is 1. The molecule has 0 bridgehead atoms. The maximum absolute atomic E-state index is 12.9. The van der Waals surface area contributed by atoms with Gasteiger partial charge in [-0.25, -0.2) is 4.79 Å². The van der Waals surface area contributed by atoms with Gasteiger partial charge in [-0.2, -0.15) is 0 Å². The van der Waals surface area contributed by atoms with Gasteiger partial charge in [-0.1, -0.05) is 0 Å². The van der Waals surface area contributed by atoms with Crippen LogP contribution in [0, 0.1) is 5.92 Å². The largest absolute Gasteiger partial charge is 0.344 e. The number of piperidine rings is 1. The fourth-order valence-electron chi connectivity index (χ4n) is 3.67. The number of nitrogens with zero attached hydrogens (tertiary/aromatic N) is 3. The Morgan fingerprint density at radius 2 is 2.20 bits per heavy atom. The lowest BCUT2D eigenvalue weighted by Gasteiger charge is -2.38. The zero-order valence-corrected chi connectivity index (χ0v) is 16.0. The minimum absolute atomic E-state index is 0.0685. The van der Waals surface area contributed by atoms with Crippen molar-refractivity contribution in [1.29, 1.82) is 0 Å². The molecular weight excluding hydrogens is 336 g/mol. The van der Waals surface area contributed by atoms with Gasteiger partial charge >= 0.3 is 6.03 Å². The third-order valence-corrected chi connectivity index (χ3v) is 6.22. The molecule has 1 saturated heterocycles. The molecule has 3 heterocycles. The van der Waals surface area contributed by atoms with Crippen LogP contribution in [-0.2, 0) is 17.8 Å². The summed E-state index contributed by atoms with van der Waals surface area (Å²) in [4.78, 5) is 32.6. The van der Waals surface area contributed by atoms with Crippen LogP contribution in [0.15, 0.2) is 11.4 Å². The molecule has 7 heteroatoms. The lowest BCUT2D eigenvalue weighted by molar-refractivity contribution is -0.135. The van der Waals surface area contributed by atoms with Crippen LogP contribution in [0.25, 0.3) is 0 Å². The average molecular weight is 365 g/mol. The van der Waals surface area contributed by atoms with Gasteiger partial charge in [-0.15, -0.1) is 11.3 Å². The third kappa shape index (κ3) is 4.15. The SMILES string of the molecule is CNCCN(C)C(=O)C1CCCN(C(=O)N2CCc3sccc3C2)C1. The number of amides is 3. The molecule has 0 spiro atoms. The van der Waals surface area contributed by atoms with E-state index in [1.54, 1.807) is 16.2 Å². The standard InChI is InChI=1S/C18H28N4O2S/c1-19-7-10-20(2)17(23)15-4-3-8-21(13-15)18(24)22-9-5-16-14(12-22)6-11-25-16/h6,11,15,19H,3-5,7-10,12-13H2,1-2H3. The molecule has 1 aromatic heterocycles. The summed E-state index contributed by atoms with van der Waals surface area (Å²) in [7, 11) is 3.74. The maximum atomic E-state index is 12.9. The minimum atomic E-state index is -0.0685. The molecule has 3 amide bonds. The monoisotopic (exact) mass is 364 g/mol. The molecule has 0 radical (unpaired) electrons. The highest BCUT2D eigenvalue weighted by atomic mass is 32.1. The summed E-state index contributed by atoms with van der Waals surface area (Å²) in [5, 5.41) is 5.17. The molecule has 1 atom stereocenters. The minimum Gasteiger partial charge on any atom is -0.344 e. The highest BCUT2D eigenvalue weighted by Gasteiger charge is 2.33. The summed E-state index contributed by atoms with van der Waals surface area (Å²) in [6.07, 6.45) is 2.72. The second kappa shape index (κ2) is 8.19. The first-order valence-corrected chi connectivity index (χ1v) is 9.96. The number of rotatable bonds is 4. The first-order valence-electron chi connectivity index (χ1n) is 9.09. The van der Waals surface area contributed by atoms with Gasteiger partial charge in [-0.05, 0) is 43.3 Å². The van der Waals surface area contributed by atoms with Gasteiger partial charge in [0.05, 0.1) is 5.92 Å². The number of carbonyl (C=O) groups excluding carboxylic acids is 2. The number of fused-ring (bicyclic) bond motifs is 1. The number of likely N-dealkylation sites (N-methyl/N-ethyl adjacent to an activating group) is 2. The molecule has 3 rings (SSSR count). The molecule has 6 nitrogen and oxygen atoms in total. The fraction of sp³-hybridized carbons (Fsp3) is 0.667. The Hall–Kier alpha value is -1.60. The number of hydrogen-bond acceptors (Lipinski definition) is 4. The van der Waals surface area contributed by atoms with Crippen molar-refractivity contribution in [2.24, 2.45) is 5.92 Å². The van der Waals surface area contributed by atoms with E-state index in [1.165, 1.54) is 10.4 Å². The average Bonchev–Trinajstić information content (AvgIpc) is 3.12. The highest BCUT2D eigenvalue weighted by Crippen LogP contribution is 2.26. The molecule has 25 heavy (non-hydrogen) atoms. The van der Waals surface area contributed by atoms with Gasteiger partial charge in [0, 0.05) is 51.2 Å². The van der Waals surface area contributed by atoms with Crippen LogP contribution in [-0.4, -0.2) is 73.5 Å². The van der Waals surface area contributed by atoms with E-state index in [1.807, 2.05) is 23.9 Å². The Kier molecular flexibility index (Phi) is 5.96. The van der Waals surface area contributed by atoms with Crippen molar-refractivity contribution in [3.05, 3.63) is 21.9 Å².